The van der Waals surface area contributed by atoms with Crippen LogP contribution in [0.5, 0.6) is 0 Å². The number of hydrogen-bond acceptors (Lipinski definition) is 4. The Morgan fingerprint density at radius 1 is 0.600 bits per heavy atom. The van der Waals surface area contributed by atoms with Gasteiger partial charge in [-0.1, -0.05) is 60.7 Å². The summed E-state index contributed by atoms with van der Waals surface area (Å²) < 4.78 is 34.1. The molecule has 0 aliphatic rings. The van der Waals surface area contributed by atoms with Gasteiger partial charge in [0, 0.05) is 10.4 Å². The van der Waals surface area contributed by atoms with E-state index in [9.17, 15) is 0 Å². The molecular formula is C18H30Na2O4S. The van der Waals surface area contributed by atoms with Crippen LogP contribution in [0, 0.1) is 0 Å². The first-order chi connectivity index (χ1) is 10.7. The van der Waals surface area contributed by atoms with Crippen molar-refractivity contribution in [2.24, 2.45) is 0 Å². The van der Waals surface area contributed by atoms with E-state index < -0.39 is 10.4 Å². The van der Waals surface area contributed by atoms with Crippen LogP contribution in [0.2, 0.25) is 0 Å². The summed E-state index contributed by atoms with van der Waals surface area (Å²) in [5.74, 6) is 0. The first kappa shape index (κ1) is 44.5. The average molecular weight is 388 g/mol. The van der Waals surface area contributed by atoms with Crippen LogP contribution >= 0.6 is 0 Å². The summed E-state index contributed by atoms with van der Waals surface area (Å²) in [6.07, 6.45) is 7.00. The zero-order valence-electron chi connectivity index (χ0n) is 16.6. The number of hydrogen-bond donors (Lipinski definition) is 0. The van der Waals surface area contributed by atoms with Crippen molar-refractivity contribution in [3.63, 3.8) is 0 Å². The largest absolute Gasteiger partial charge is 1.00 e. The molecule has 0 amide bonds. The summed E-state index contributed by atoms with van der Waals surface area (Å²) in [7, 11) is -5.17. The molecule has 25 heavy (non-hydrogen) atoms. The molecule has 1 aromatic carbocycles. The van der Waals surface area contributed by atoms with Crippen LogP contribution in [0.4, 0.5) is 0 Å². The van der Waals surface area contributed by atoms with E-state index in [-0.39, 0.29) is 59.1 Å². The Labute approximate surface area is 200 Å². The molecule has 0 heterocycles. The summed E-state index contributed by atoms with van der Waals surface area (Å²) in [6, 6.07) is 12.0. The van der Waals surface area contributed by atoms with Gasteiger partial charge in [0.15, 0.2) is 0 Å². The molecule has 0 saturated carbocycles. The molecule has 134 valence electrons. The van der Waals surface area contributed by atoms with Crippen molar-refractivity contribution in [2.75, 3.05) is 0 Å². The average Bonchev–Trinajstić information content (AvgIpc) is 2.42. The van der Waals surface area contributed by atoms with Crippen molar-refractivity contribution in [3.8, 4) is 0 Å². The van der Waals surface area contributed by atoms with Gasteiger partial charge in [0.2, 0.25) is 0 Å². The topological polar surface area (TPSA) is 80.3 Å². The van der Waals surface area contributed by atoms with Crippen molar-refractivity contribution in [1.29, 1.82) is 0 Å². The molecule has 0 aliphatic heterocycles. The molecule has 0 aliphatic carbocycles. The first-order valence-corrected chi connectivity index (χ1v) is 7.94. The Hall–Kier alpha value is 0.0500. The van der Waals surface area contributed by atoms with E-state index in [1.54, 1.807) is 24.3 Å². The van der Waals surface area contributed by atoms with E-state index in [0.29, 0.717) is 0 Å². The summed E-state index contributed by atoms with van der Waals surface area (Å²) in [4.78, 5) is 0. The molecule has 0 fully saturated rings. The zero-order valence-corrected chi connectivity index (χ0v) is 21.5. The SMILES string of the molecule is C=CC.C=CC.C=CC.C=CC.O=S(=O)([O-])[O-].[Na+].[Na+].c1ccccc1. The molecule has 0 unspecified atom stereocenters. The van der Waals surface area contributed by atoms with Gasteiger partial charge in [0.1, 0.15) is 0 Å². The molecule has 0 bridgehead atoms. The number of allylic oxidation sites excluding steroid dienone is 4. The molecule has 0 N–H and O–H groups in total. The van der Waals surface area contributed by atoms with Crippen molar-refractivity contribution in [3.05, 3.63) is 87.0 Å². The van der Waals surface area contributed by atoms with Crippen LogP contribution in [0.3, 0.4) is 0 Å². The Balaban J connectivity index is -0.0000000317. The van der Waals surface area contributed by atoms with Crippen LogP contribution in [0.25, 0.3) is 0 Å². The molecule has 7 heteroatoms. The third kappa shape index (κ3) is 319. The monoisotopic (exact) mass is 388 g/mol. The third-order valence-electron chi connectivity index (χ3n) is 0.667. The van der Waals surface area contributed by atoms with Gasteiger partial charge < -0.3 is 9.11 Å². The van der Waals surface area contributed by atoms with E-state index in [1.807, 2.05) is 64.1 Å². The molecule has 1 aromatic rings. The normalized spacial score (nSPS) is 6.32. The second kappa shape index (κ2) is 49.6. The Kier molecular flexibility index (Phi) is 88.2. The molecule has 0 aromatic heterocycles. The molecular weight excluding hydrogens is 358 g/mol. The van der Waals surface area contributed by atoms with Crippen molar-refractivity contribution in [1.82, 2.24) is 0 Å². The van der Waals surface area contributed by atoms with Crippen LogP contribution in [0.1, 0.15) is 27.7 Å². The Bertz CT molecular complexity index is 375. The standard InChI is InChI=1S/C6H6.4C3H6.2Na.H2O4S/c1-2-4-6-5-3-1;4*1-3-2;;;1-5(2,3)4/h1-6H;4*3H,1H2,2H3;;;(H2,1,2,3,4)/q;;;;;2*+1;/p-2. The maximum atomic E-state index is 8.52. The fourth-order valence-electron chi connectivity index (χ4n) is 0.385. The maximum absolute atomic E-state index is 8.52. The summed E-state index contributed by atoms with van der Waals surface area (Å²) >= 11 is 0. The van der Waals surface area contributed by atoms with Crippen LogP contribution in [-0.4, -0.2) is 17.5 Å². The molecule has 1 rings (SSSR count). The zero-order chi connectivity index (χ0) is 19.6. The van der Waals surface area contributed by atoms with E-state index in [2.05, 4.69) is 26.3 Å². The van der Waals surface area contributed by atoms with E-state index in [0.717, 1.165) is 0 Å². The van der Waals surface area contributed by atoms with Gasteiger partial charge >= 0.3 is 59.1 Å². The van der Waals surface area contributed by atoms with Gasteiger partial charge in [-0.15, -0.1) is 26.3 Å². The smallest absolute Gasteiger partial charge is 0.759 e. The van der Waals surface area contributed by atoms with Crippen molar-refractivity contribution < 1.29 is 76.6 Å². The van der Waals surface area contributed by atoms with Crippen LogP contribution in [0.15, 0.2) is 87.0 Å². The second-order valence-electron chi connectivity index (χ2n) is 3.20. The maximum Gasteiger partial charge on any atom is 1.00 e. The van der Waals surface area contributed by atoms with E-state index in [1.165, 1.54) is 0 Å². The Morgan fingerprint density at radius 3 is 0.680 bits per heavy atom. The summed E-state index contributed by atoms with van der Waals surface area (Å²) in [5.41, 5.74) is 0. The predicted molar refractivity (Wildman–Crippen MR) is 100 cm³/mol. The predicted octanol–water partition coefficient (Wildman–Crippen LogP) is -0.874. The fraction of sp³-hybridized carbons (Fsp3) is 0.222. The van der Waals surface area contributed by atoms with Gasteiger partial charge in [0.25, 0.3) is 0 Å². The Morgan fingerprint density at radius 2 is 0.640 bits per heavy atom. The molecule has 0 atom stereocenters. The quantitative estimate of drug-likeness (QED) is 0.250. The van der Waals surface area contributed by atoms with Gasteiger partial charge in [-0.05, 0) is 27.7 Å². The van der Waals surface area contributed by atoms with E-state index >= 15 is 0 Å². The fourth-order valence-corrected chi connectivity index (χ4v) is 0.385. The van der Waals surface area contributed by atoms with E-state index in [4.69, 9.17) is 17.5 Å². The van der Waals surface area contributed by atoms with Crippen LogP contribution < -0.4 is 59.1 Å². The second-order valence-corrected chi connectivity index (χ2v) is 4.01. The van der Waals surface area contributed by atoms with Gasteiger partial charge in [-0.2, -0.15) is 0 Å². The van der Waals surface area contributed by atoms with Gasteiger partial charge in [-0.3, -0.25) is 8.42 Å². The molecule has 0 radical (unpaired) electrons. The summed E-state index contributed by atoms with van der Waals surface area (Å²) in [6.45, 7) is 21.0. The number of benzene rings is 1. The minimum Gasteiger partial charge on any atom is -0.759 e. The van der Waals surface area contributed by atoms with Crippen molar-refractivity contribution in [2.45, 2.75) is 27.7 Å². The number of rotatable bonds is 0. The van der Waals surface area contributed by atoms with Gasteiger partial charge in [0.05, 0.1) is 0 Å². The van der Waals surface area contributed by atoms with Gasteiger partial charge in [-0.25, -0.2) is 0 Å². The molecule has 4 nitrogen and oxygen atoms in total. The van der Waals surface area contributed by atoms with Crippen LogP contribution in [-0.2, 0) is 10.4 Å². The van der Waals surface area contributed by atoms with Crippen molar-refractivity contribution >= 4 is 10.4 Å². The molecule has 0 spiro atoms. The first-order valence-electron chi connectivity index (χ1n) is 6.61. The third-order valence-corrected chi connectivity index (χ3v) is 0.667. The summed E-state index contributed by atoms with van der Waals surface area (Å²) in [5, 5.41) is 0. The minimum atomic E-state index is -5.17. The minimum absolute atomic E-state index is 0. The molecule has 0 saturated heterocycles.